The number of nitrogens with one attached hydrogen (secondary N) is 2. The summed E-state index contributed by atoms with van der Waals surface area (Å²) in [5.41, 5.74) is 2.68. The van der Waals surface area contributed by atoms with Crippen molar-refractivity contribution in [2.45, 2.75) is 33.3 Å². The van der Waals surface area contributed by atoms with Crippen LogP contribution in [0.15, 0.2) is 54.9 Å². The molecule has 0 atom stereocenters. The number of nitrogens with zero attached hydrogens (tertiary/aromatic N) is 2. The number of hydrogen-bond acceptors (Lipinski definition) is 6. The van der Waals surface area contributed by atoms with Gasteiger partial charge in [-0.1, -0.05) is 0 Å². The first kappa shape index (κ1) is 22.7. The molecule has 1 heterocycles. The second kappa shape index (κ2) is 9.47. The predicted octanol–water partition coefficient (Wildman–Crippen LogP) is 5.06. The monoisotopic (exact) mass is 434 g/mol. The SMILES string of the molecule is COc1ccc(-c2cc(NC(=O)c3ccc(NC(=O)OC(C)(C)C)c(C)c3)ncn2)cc1. The Hall–Kier alpha value is -3.94. The number of rotatable bonds is 5. The third-order valence-electron chi connectivity index (χ3n) is 4.42. The molecule has 0 aliphatic rings. The molecule has 0 saturated carbocycles. The van der Waals surface area contributed by atoms with E-state index in [0.29, 0.717) is 22.8 Å². The number of aryl methyl sites for hydroxylation is 1. The van der Waals surface area contributed by atoms with Gasteiger partial charge in [0.15, 0.2) is 0 Å². The molecule has 0 fully saturated rings. The van der Waals surface area contributed by atoms with Crippen LogP contribution in [-0.2, 0) is 4.74 Å². The summed E-state index contributed by atoms with van der Waals surface area (Å²) in [7, 11) is 1.61. The predicted molar refractivity (Wildman–Crippen MR) is 123 cm³/mol. The van der Waals surface area contributed by atoms with Crippen molar-refractivity contribution in [3.8, 4) is 17.0 Å². The van der Waals surface area contributed by atoms with Crippen molar-refractivity contribution in [1.29, 1.82) is 0 Å². The molecule has 0 saturated heterocycles. The second-order valence-corrected chi connectivity index (χ2v) is 8.13. The van der Waals surface area contributed by atoms with Crippen molar-refractivity contribution in [1.82, 2.24) is 9.97 Å². The molecule has 0 bridgehead atoms. The van der Waals surface area contributed by atoms with Gasteiger partial charge in [-0.2, -0.15) is 0 Å². The summed E-state index contributed by atoms with van der Waals surface area (Å²) in [4.78, 5) is 33.1. The molecule has 8 heteroatoms. The largest absolute Gasteiger partial charge is 0.497 e. The minimum atomic E-state index is -0.597. The van der Waals surface area contributed by atoms with Crippen molar-refractivity contribution in [3.63, 3.8) is 0 Å². The highest BCUT2D eigenvalue weighted by atomic mass is 16.6. The van der Waals surface area contributed by atoms with Crippen molar-refractivity contribution in [2.75, 3.05) is 17.7 Å². The van der Waals surface area contributed by atoms with E-state index < -0.39 is 11.7 Å². The molecule has 0 aliphatic heterocycles. The van der Waals surface area contributed by atoms with Gasteiger partial charge in [0.05, 0.1) is 12.8 Å². The Kier molecular flexibility index (Phi) is 6.73. The number of carbonyl (C=O) groups excluding carboxylic acids is 2. The summed E-state index contributed by atoms with van der Waals surface area (Å²) in [6.07, 6.45) is 0.846. The van der Waals surface area contributed by atoms with Crippen LogP contribution >= 0.6 is 0 Å². The average Bonchev–Trinajstić information content (AvgIpc) is 2.74. The van der Waals surface area contributed by atoms with Gasteiger partial charge in [-0.3, -0.25) is 10.1 Å². The molecule has 3 aromatic rings. The minimum absolute atomic E-state index is 0.323. The van der Waals surface area contributed by atoms with Gasteiger partial charge in [0.1, 0.15) is 23.5 Å². The van der Waals surface area contributed by atoms with Crippen LogP contribution in [0.4, 0.5) is 16.3 Å². The lowest BCUT2D eigenvalue weighted by molar-refractivity contribution is 0.0635. The molecule has 0 radical (unpaired) electrons. The van der Waals surface area contributed by atoms with Crippen LogP contribution in [-0.4, -0.2) is 34.7 Å². The van der Waals surface area contributed by atoms with E-state index in [4.69, 9.17) is 9.47 Å². The molecule has 8 nitrogen and oxygen atoms in total. The molecule has 32 heavy (non-hydrogen) atoms. The summed E-state index contributed by atoms with van der Waals surface area (Å²) >= 11 is 0. The first-order valence-corrected chi connectivity index (χ1v) is 10.0. The fourth-order valence-corrected chi connectivity index (χ4v) is 2.89. The maximum Gasteiger partial charge on any atom is 0.412 e. The van der Waals surface area contributed by atoms with Gasteiger partial charge >= 0.3 is 6.09 Å². The lowest BCUT2D eigenvalue weighted by Crippen LogP contribution is -2.27. The van der Waals surface area contributed by atoms with E-state index in [1.54, 1.807) is 59.1 Å². The van der Waals surface area contributed by atoms with Gasteiger partial charge in [0.25, 0.3) is 5.91 Å². The Morgan fingerprint density at radius 3 is 2.28 bits per heavy atom. The van der Waals surface area contributed by atoms with Crippen LogP contribution in [0.5, 0.6) is 5.75 Å². The lowest BCUT2D eigenvalue weighted by Gasteiger charge is -2.20. The Balaban J connectivity index is 1.70. The Morgan fingerprint density at radius 1 is 0.938 bits per heavy atom. The van der Waals surface area contributed by atoms with Crippen molar-refractivity contribution in [3.05, 3.63) is 66.0 Å². The van der Waals surface area contributed by atoms with Crippen LogP contribution in [0, 0.1) is 6.92 Å². The number of amides is 2. The molecule has 2 amide bonds. The molecule has 0 unspecified atom stereocenters. The molecule has 166 valence electrons. The average molecular weight is 434 g/mol. The van der Waals surface area contributed by atoms with E-state index in [-0.39, 0.29) is 5.91 Å². The van der Waals surface area contributed by atoms with E-state index in [1.165, 1.54) is 6.33 Å². The van der Waals surface area contributed by atoms with Crippen molar-refractivity contribution in [2.24, 2.45) is 0 Å². The molecule has 0 aliphatic carbocycles. The fourth-order valence-electron chi connectivity index (χ4n) is 2.89. The van der Waals surface area contributed by atoms with Gasteiger partial charge in [0.2, 0.25) is 0 Å². The third kappa shape index (κ3) is 6.04. The maximum absolute atomic E-state index is 12.7. The highest BCUT2D eigenvalue weighted by Gasteiger charge is 2.17. The van der Waals surface area contributed by atoms with E-state index in [1.807, 2.05) is 24.3 Å². The molecular formula is C24H26N4O4. The van der Waals surface area contributed by atoms with Crippen molar-refractivity contribution >= 4 is 23.5 Å². The molecule has 3 rings (SSSR count). The zero-order chi connectivity index (χ0) is 23.3. The maximum atomic E-state index is 12.7. The van der Waals surface area contributed by atoms with E-state index in [9.17, 15) is 9.59 Å². The first-order chi connectivity index (χ1) is 15.1. The highest BCUT2D eigenvalue weighted by Crippen LogP contribution is 2.23. The Labute approximate surface area is 187 Å². The van der Waals surface area contributed by atoms with Gasteiger partial charge < -0.3 is 14.8 Å². The molecule has 2 N–H and O–H groups in total. The molecular weight excluding hydrogens is 408 g/mol. The quantitative estimate of drug-likeness (QED) is 0.582. The Morgan fingerprint density at radius 2 is 1.66 bits per heavy atom. The second-order valence-electron chi connectivity index (χ2n) is 8.13. The van der Waals surface area contributed by atoms with Crippen LogP contribution in [0.3, 0.4) is 0 Å². The summed E-state index contributed by atoms with van der Waals surface area (Å²) < 4.78 is 10.4. The van der Waals surface area contributed by atoms with Crippen LogP contribution in [0.25, 0.3) is 11.3 Å². The number of hydrogen-bond donors (Lipinski definition) is 2. The van der Waals surface area contributed by atoms with E-state index >= 15 is 0 Å². The highest BCUT2D eigenvalue weighted by molar-refractivity contribution is 6.04. The van der Waals surface area contributed by atoms with Crippen LogP contribution in [0.2, 0.25) is 0 Å². The fraction of sp³-hybridized carbons (Fsp3) is 0.250. The number of benzene rings is 2. The van der Waals surface area contributed by atoms with Crippen LogP contribution in [0.1, 0.15) is 36.7 Å². The van der Waals surface area contributed by atoms with Crippen molar-refractivity contribution < 1.29 is 19.1 Å². The molecule has 1 aromatic heterocycles. The number of aromatic nitrogens is 2. The summed E-state index contributed by atoms with van der Waals surface area (Å²) in [6.45, 7) is 7.18. The zero-order valence-electron chi connectivity index (χ0n) is 18.7. The Bertz CT molecular complexity index is 1120. The minimum Gasteiger partial charge on any atom is -0.497 e. The third-order valence-corrected chi connectivity index (χ3v) is 4.42. The summed E-state index contributed by atoms with van der Waals surface area (Å²) in [5, 5.41) is 5.48. The van der Waals surface area contributed by atoms with Gasteiger partial charge in [-0.15, -0.1) is 0 Å². The van der Waals surface area contributed by atoms with E-state index in [0.717, 1.165) is 16.9 Å². The standard InChI is InChI=1S/C24H26N4O4/c1-15-12-17(8-11-19(15)27-23(30)32-24(2,3)4)22(29)28-21-13-20(25-14-26-21)16-6-9-18(31-5)10-7-16/h6-14H,1-5H3,(H,27,30)(H,25,26,28,29). The molecule has 2 aromatic carbocycles. The van der Waals surface area contributed by atoms with Crippen LogP contribution < -0.4 is 15.4 Å². The van der Waals surface area contributed by atoms with E-state index in [2.05, 4.69) is 20.6 Å². The topological polar surface area (TPSA) is 102 Å². The summed E-state index contributed by atoms with van der Waals surface area (Å²) in [5.74, 6) is 0.803. The number of anilines is 2. The number of methoxy groups -OCH3 is 1. The lowest BCUT2D eigenvalue weighted by atomic mass is 10.1. The molecule has 0 spiro atoms. The first-order valence-electron chi connectivity index (χ1n) is 10.0. The normalized spacial score (nSPS) is 10.9. The number of carbonyl (C=O) groups is 2. The zero-order valence-corrected chi connectivity index (χ0v) is 18.7. The summed E-state index contributed by atoms with van der Waals surface area (Å²) in [6, 6.07) is 14.1. The number of ether oxygens (including phenoxy) is 2. The van der Waals surface area contributed by atoms with Gasteiger partial charge in [-0.25, -0.2) is 14.8 Å². The van der Waals surface area contributed by atoms with Gasteiger partial charge in [0, 0.05) is 22.9 Å². The van der Waals surface area contributed by atoms with Gasteiger partial charge in [-0.05, 0) is 75.7 Å². The smallest absolute Gasteiger partial charge is 0.412 e.